The summed E-state index contributed by atoms with van der Waals surface area (Å²) < 4.78 is 25.8. The van der Waals surface area contributed by atoms with Gasteiger partial charge in [-0.2, -0.15) is 0 Å². The smallest absolute Gasteiger partial charge is 0.270 e. The van der Waals surface area contributed by atoms with Crippen LogP contribution in [0.15, 0.2) is 35.5 Å². The molecular formula is C16H19N3O3S. The van der Waals surface area contributed by atoms with Gasteiger partial charge in [0.25, 0.3) is 5.91 Å². The predicted molar refractivity (Wildman–Crippen MR) is 86.9 cm³/mol. The number of amides is 1. The number of nitrogens with zero attached hydrogens (tertiary/aromatic N) is 2. The van der Waals surface area contributed by atoms with Gasteiger partial charge >= 0.3 is 0 Å². The normalized spacial score (nSPS) is 15.6. The molecule has 0 radical (unpaired) electrons. The second-order valence-corrected chi connectivity index (χ2v) is 8.03. The van der Waals surface area contributed by atoms with Crippen LogP contribution in [0, 0.1) is 5.92 Å². The SMILES string of the molecule is CC(C)CNC(=O)c1c(-c2ccccc2)nc2n1CCS2(=O)=O. The molecule has 2 heterocycles. The second kappa shape index (κ2) is 5.81. The van der Waals surface area contributed by atoms with Crippen molar-refractivity contribution in [1.82, 2.24) is 14.9 Å². The van der Waals surface area contributed by atoms with Crippen molar-refractivity contribution in [2.75, 3.05) is 12.3 Å². The maximum Gasteiger partial charge on any atom is 0.270 e. The van der Waals surface area contributed by atoms with Crippen molar-refractivity contribution in [3.05, 3.63) is 36.0 Å². The number of hydrogen-bond donors (Lipinski definition) is 1. The van der Waals surface area contributed by atoms with E-state index in [-0.39, 0.29) is 23.4 Å². The van der Waals surface area contributed by atoms with Crippen molar-refractivity contribution in [3.63, 3.8) is 0 Å². The summed E-state index contributed by atoms with van der Waals surface area (Å²) in [4.78, 5) is 16.9. The number of carbonyl (C=O) groups excluding carboxylic acids is 1. The molecular weight excluding hydrogens is 314 g/mol. The number of sulfone groups is 1. The summed E-state index contributed by atoms with van der Waals surface area (Å²) in [6, 6.07) is 9.19. The Morgan fingerprint density at radius 1 is 1.30 bits per heavy atom. The zero-order chi connectivity index (χ0) is 16.6. The molecule has 122 valence electrons. The summed E-state index contributed by atoms with van der Waals surface area (Å²) >= 11 is 0. The lowest BCUT2D eigenvalue weighted by Crippen LogP contribution is -2.29. The average Bonchev–Trinajstić information content (AvgIpc) is 3.04. The van der Waals surface area contributed by atoms with E-state index >= 15 is 0 Å². The largest absolute Gasteiger partial charge is 0.350 e. The maximum atomic E-state index is 12.6. The Bertz CT molecular complexity index is 839. The minimum Gasteiger partial charge on any atom is -0.350 e. The molecule has 7 heteroatoms. The number of hydrogen-bond acceptors (Lipinski definition) is 4. The molecule has 23 heavy (non-hydrogen) atoms. The molecule has 1 aliphatic rings. The van der Waals surface area contributed by atoms with E-state index in [1.807, 2.05) is 44.2 Å². The molecule has 0 spiro atoms. The van der Waals surface area contributed by atoms with Crippen LogP contribution in [0.1, 0.15) is 24.3 Å². The molecule has 1 N–H and O–H groups in total. The van der Waals surface area contributed by atoms with Gasteiger partial charge in [0.05, 0.1) is 5.75 Å². The first kappa shape index (κ1) is 15.7. The molecule has 1 aromatic heterocycles. The Labute approximate surface area is 135 Å². The Kier molecular flexibility index (Phi) is 3.97. The van der Waals surface area contributed by atoms with Crippen LogP contribution in [0.3, 0.4) is 0 Å². The van der Waals surface area contributed by atoms with E-state index in [2.05, 4.69) is 10.3 Å². The molecule has 3 rings (SSSR count). The number of nitrogens with one attached hydrogen (secondary N) is 1. The maximum absolute atomic E-state index is 12.6. The van der Waals surface area contributed by atoms with Crippen LogP contribution in [0.2, 0.25) is 0 Å². The van der Waals surface area contributed by atoms with Crippen LogP contribution in [0.5, 0.6) is 0 Å². The van der Waals surface area contributed by atoms with Crippen molar-refractivity contribution in [3.8, 4) is 11.3 Å². The van der Waals surface area contributed by atoms with Crippen LogP contribution in [-0.2, 0) is 16.4 Å². The highest BCUT2D eigenvalue weighted by molar-refractivity contribution is 7.91. The molecule has 2 aromatic rings. The number of carbonyl (C=O) groups is 1. The first-order valence-electron chi connectivity index (χ1n) is 7.57. The monoisotopic (exact) mass is 333 g/mol. The lowest BCUT2D eigenvalue weighted by molar-refractivity contribution is 0.0940. The highest BCUT2D eigenvalue weighted by Gasteiger charge is 2.35. The quantitative estimate of drug-likeness (QED) is 0.924. The molecule has 0 aliphatic carbocycles. The van der Waals surface area contributed by atoms with Crippen LogP contribution in [0.25, 0.3) is 11.3 Å². The lowest BCUT2D eigenvalue weighted by Gasteiger charge is -2.10. The van der Waals surface area contributed by atoms with E-state index in [0.29, 0.717) is 23.9 Å². The van der Waals surface area contributed by atoms with E-state index in [1.54, 1.807) is 0 Å². The highest BCUT2D eigenvalue weighted by Crippen LogP contribution is 2.30. The van der Waals surface area contributed by atoms with E-state index in [9.17, 15) is 13.2 Å². The van der Waals surface area contributed by atoms with Gasteiger partial charge in [-0.15, -0.1) is 0 Å². The van der Waals surface area contributed by atoms with E-state index in [1.165, 1.54) is 4.57 Å². The summed E-state index contributed by atoms with van der Waals surface area (Å²) in [5.74, 6) is 0.0201. The van der Waals surface area contributed by atoms with Crippen molar-refractivity contribution >= 4 is 15.7 Å². The molecule has 1 amide bonds. The van der Waals surface area contributed by atoms with Crippen LogP contribution in [0.4, 0.5) is 0 Å². The van der Waals surface area contributed by atoms with Crippen LogP contribution < -0.4 is 5.32 Å². The zero-order valence-corrected chi connectivity index (χ0v) is 13.9. The third-order valence-corrected chi connectivity index (χ3v) is 5.32. The summed E-state index contributed by atoms with van der Waals surface area (Å²) in [6.07, 6.45) is 0. The first-order valence-corrected chi connectivity index (χ1v) is 9.22. The fraction of sp³-hybridized carbons (Fsp3) is 0.375. The number of fused-ring (bicyclic) bond motifs is 1. The van der Waals surface area contributed by atoms with Crippen molar-refractivity contribution < 1.29 is 13.2 Å². The summed E-state index contributed by atoms with van der Waals surface area (Å²) in [7, 11) is -3.41. The van der Waals surface area contributed by atoms with E-state index in [4.69, 9.17) is 0 Å². The molecule has 0 bridgehead atoms. The standard InChI is InChI=1S/C16H19N3O3S/c1-11(2)10-17-15(20)14-13(12-6-4-3-5-7-12)18-16-19(14)8-9-23(16,21)22/h3-7,11H,8-10H2,1-2H3,(H,17,20). The third-order valence-electron chi connectivity index (χ3n) is 3.73. The fourth-order valence-electron chi connectivity index (χ4n) is 2.59. The molecule has 1 aromatic carbocycles. The molecule has 6 nitrogen and oxygen atoms in total. The van der Waals surface area contributed by atoms with Gasteiger partial charge in [-0.1, -0.05) is 44.2 Å². The van der Waals surface area contributed by atoms with Gasteiger partial charge < -0.3 is 9.88 Å². The Balaban J connectivity index is 2.11. The number of aromatic nitrogens is 2. The van der Waals surface area contributed by atoms with Gasteiger partial charge in [-0.25, -0.2) is 13.4 Å². The third kappa shape index (κ3) is 2.88. The Morgan fingerprint density at radius 3 is 2.65 bits per heavy atom. The molecule has 0 unspecified atom stereocenters. The lowest BCUT2D eigenvalue weighted by atomic mass is 10.1. The number of benzene rings is 1. The first-order chi connectivity index (χ1) is 10.9. The minimum atomic E-state index is -3.41. The molecule has 0 atom stereocenters. The van der Waals surface area contributed by atoms with E-state index in [0.717, 1.165) is 5.56 Å². The molecule has 0 saturated heterocycles. The summed E-state index contributed by atoms with van der Waals surface area (Å²) in [6.45, 7) is 4.80. The Hall–Kier alpha value is -2.15. The van der Waals surface area contributed by atoms with Gasteiger partial charge in [0.1, 0.15) is 11.4 Å². The van der Waals surface area contributed by atoms with Gasteiger partial charge in [-0.3, -0.25) is 4.79 Å². The average molecular weight is 333 g/mol. The highest BCUT2D eigenvalue weighted by atomic mass is 32.2. The molecule has 0 fully saturated rings. The van der Waals surface area contributed by atoms with Crippen molar-refractivity contribution in [1.29, 1.82) is 0 Å². The van der Waals surface area contributed by atoms with Crippen molar-refractivity contribution in [2.24, 2.45) is 5.92 Å². The minimum absolute atomic E-state index is 0.00510. The number of rotatable bonds is 4. The van der Waals surface area contributed by atoms with Crippen molar-refractivity contribution in [2.45, 2.75) is 25.5 Å². The Morgan fingerprint density at radius 2 is 2.00 bits per heavy atom. The molecule has 0 saturated carbocycles. The van der Waals surface area contributed by atoms with Crippen LogP contribution >= 0.6 is 0 Å². The summed E-state index contributed by atoms with van der Waals surface area (Å²) in [5, 5.41) is 2.85. The van der Waals surface area contributed by atoms with Gasteiger partial charge in [0, 0.05) is 18.7 Å². The summed E-state index contributed by atoms with van der Waals surface area (Å²) in [5.41, 5.74) is 1.48. The van der Waals surface area contributed by atoms with Gasteiger partial charge in [0.15, 0.2) is 0 Å². The number of imidazole rings is 1. The van der Waals surface area contributed by atoms with E-state index < -0.39 is 9.84 Å². The predicted octanol–water partition coefficient (Wildman–Crippen LogP) is 1.72. The van der Waals surface area contributed by atoms with Gasteiger partial charge in [0.2, 0.25) is 15.0 Å². The molecule has 1 aliphatic heterocycles. The van der Waals surface area contributed by atoms with Gasteiger partial charge in [-0.05, 0) is 5.92 Å². The fourth-order valence-corrected chi connectivity index (χ4v) is 3.94. The van der Waals surface area contributed by atoms with Crippen LogP contribution in [-0.4, -0.2) is 36.2 Å². The topological polar surface area (TPSA) is 81.1 Å². The zero-order valence-electron chi connectivity index (χ0n) is 13.1. The second-order valence-electron chi connectivity index (χ2n) is 6.03.